The van der Waals surface area contributed by atoms with E-state index in [9.17, 15) is 0 Å². The lowest BCUT2D eigenvalue weighted by molar-refractivity contribution is 0.549. The van der Waals surface area contributed by atoms with Crippen LogP contribution in [0.3, 0.4) is 0 Å². The summed E-state index contributed by atoms with van der Waals surface area (Å²) in [6.45, 7) is 8.39. The van der Waals surface area contributed by atoms with Crippen molar-refractivity contribution in [2.45, 2.75) is 40.0 Å². The highest BCUT2D eigenvalue weighted by atomic mass is 32.1. The summed E-state index contributed by atoms with van der Waals surface area (Å²) in [5, 5.41) is 9.91. The molecule has 0 atom stereocenters. The fraction of sp³-hybridized carbons (Fsp3) is 0.714. The van der Waals surface area contributed by atoms with Crippen LogP contribution in [0, 0.1) is 12.8 Å². The standard InChI is InChI=1S/C14H26N4S/c1-11(2)6-5-8-16-14(15-4)17-9-7-13-10-19-12(3)18-13/h10-11H,5-9H2,1-4H3,(H2,15,16,17). The van der Waals surface area contributed by atoms with E-state index in [0.29, 0.717) is 0 Å². The van der Waals surface area contributed by atoms with Crippen molar-refractivity contribution in [3.63, 3.8) is 0 Å². The Morgan fingerprint density at radius 2 is 2.11 bits per heavy atom. The first kappa shape index (κ1) is 16.0. The normalized spacial score (nSPS) is 11.9. The van der Waals surface area contributed by atoms with Gasteiger partial charge in [0, 0.05) is 31.9 Å². The summed E-state index contributed by atoms with van der Waals surface area (Å²) >= 11 is 1.70. The van der Waals surface area contributed by atoms with Crippen molar-refractivity contribution in [3.8, 4) is 0 Å². The van der Waals surface area contributed by atoms with Gasteiger partial charge < -0.3 is 10.6 Å². The zero-order valence-electron chi connectivity index (χ0n) is 12.5. The Kier molecular flexibility index (Phi) is 7.48. The Bertz CT molecular complexity index is 385. The lowest BCUT2D eigenvalue weighted by atomic mass is 10.1. The highest BCUT2D eigenvalue weighted by molar-refractivity contribution is 7.09. The minimum Gasteiger partial charge on any atom is -0.356 e. The molecule has 0 bridgehead atoms. The molecule has 5 heteroatoms. The molecule has 2 N–H and O–H groups in total. The maximum atomic E-state index is 4.45. The Morgan fingerprint density at radius 1 is 1.37 bits per heavy atom. The van der Waals surface area contributed by atoms with Gasteiger partial charge >= 0.3 is 0 Å². The number of aliphatic imine (C=N–C) groups is 1. The number of hydrogen-bond acceptors (Lipinski definition) is 3. The SMILES string of the molecule is CN=C(NCCCC(C)C)NCCc1csc(C)n1. The van der Waals surface area contributed by atoms with Crippen LogP contribution >= 0.6 is 11.3 Å². The molecule has 0 aliphatic heterocycles. The van der Waals surface area contributed by atoms with E-state index in [-0.39, 0.29) is 0 Å². The van der Waals surface area contributed by atoms with Crippen LogP contribution < -0.4 is 10.6 Å². The number of nitrogens with zero attached hydrogens (tertiary/aromatic N) is 2. The molecule has 4 nitrogen and oxygen atoms in total. The number of aryl methyl sites for hydroxylation is 1. The second-order valence-electron chi connectivity index (χ2n) is 5.07. The van der Waals surface area contributed by atoms with Crippen LogP contribution in [0.2, 0.25) is 0 Å². The quantitative estimate of drug-likeness (QED) is 0.459. The van der Waals surface area contributed by atoms with Crippen LogP contribution in [0.25, 0.3) is 0 Å². The molecule has 0 saturated carbocycles. The first-order valence-corrected chi connectivity index (χ1v) is 7.85. The van der Waals surface area contributed by atoms with E-state index in [1.807, 2.05) is 14.0 Å². The minimum atomic E-state index is 0.768. The van der Waals surface area contributed by atoms with Gasteiger partial charge in [-0.05, 0) is 25.7 Å². The highest BCUT2D eigenvalue weighted by Crippen LogP contribution is 2.07. The summed E-state index contributed by atoms with van der Waals surface area (Å²) in [6, 6.07) is 0. The third-order valence-corrected chi connectivity index (χ3v) is 3.64. The average Bonchev–Trinajstić information content (AvgIpc) is 2.78. The minimum absolute atomic E-state index is 0.768. The second-order valence-corrected chi connectivity index (χ2v) is 6.13. The molecule has 1 heterocycles. The zero-order valence-corrected chi connectivity index (χ0v) is 13.3. The molecule has 0 aliphatic rings. The molecule has 0 amide bonds. The van der Waals surface area contributed by atoms with Gasteiger partial charge in [0.1, 0.15) is 0 Å². The number of guanidine groups is 1. The average molecular weight is 282 g/mol. The monoisotopic (exact) mass is 282 g/mol. The first-order valence-electron chi connectivity index (χ1n) is 6.97. The van der Waals surface area contributed by atoms with Crippen LogP contribution in [0.5, 0.6) is 0 Å². The van der Waals surface area contributed by atoms with Crippen LogP contribution in [0.15, 0.2) is 10.4 Å². The number of thiazole rings is 1. The molecule has 0 saturated heterocycles. The smallest absolute Gasteiger partial charge is 0.190 e. The molecule has 0 spiro atoms. The van der Waals surface area contributed by atoms with Crippen LogP contribution in [-0.2, 0) is 6.42 Å². The van der Waals surface area contributed by atoms with Gasteiger partial charge in [0.15, 0.2) is 5.96 Å². The van der Waals surface area contributed by atoms with E-state index >= 15 is 0 Å². The first-order chi connectivity index (χ1) is 9.11. The second kappa shape index (κ2) is 8.91. The summed E-state index contributed by atoms with van der Waals surface area (Å²) in [7, 11) is 1.81. The summed E-state index contributed by atoms with van der Waals surface area (Å²) in [5.41, 5.74) is 1.16. The van der Waals surface area contributed by atoms with Crippen LogP contribution in [-0.4, -0.2) is 31.1 Å². The van der Waals surface area contributed by atoms with Gasteiger partial charge in [0.25, 0.3) is 0 Å². The number of nitrogens with one attached hydrogen (secondary N) is 2. The summed E-state index contributed by atoms with van der Waals surface area (Å²) in [6.07, 6.45) is 3.38. The van der Waals surface area contributed by atoms with Crippen molar-refractivity contribution in [1.29, 1.82) is 0 Å². The fourth-order valence-corrected chi connectivity index (χ4v) is 2.42. The molecular weight excluding hydrogens is 256 g/mol. The summed E-state index contributed by atoms with van der Waals surface area (Å²) in [5.74, 6) is 1.65. The van der Waals surface area contributed by atoms with Crippen molar-refractivity contribution < 1.29 is 0 Å². The van der Waals surface area contributed by atoms with Crippen molar-refractivity contribution in [2.24, 2.45) is 10.9 Å². The van der Waals surface area contributed by atoms with Gasteiger partial charge in [-0.15, -0.1) is 11.3 Å². The lowest BCUT2D eigenvalue weighted by Gasteiger charge is -2.11. The van der Waals surface area contributed by atoms with Gasteiger partial charge in [-0.25, -0.2) is 4.98 Å². The van der Waals surface area contributed by atoms with Gasteiger partial charge in [-0.1, -0.05) is 13.8 Å². The Hall–Kier alpha value is -1.10. The Balaban J connectivity index is 2.15. The Labute approximate surface area is 120 Å². The van der Waals surface area contributed by atoms with Crippen LogP contribution in [0.1, 0.15) is 37.4 Å². The predicted octanol–water partition coefficient (Wildman–Crippen LogP) is 2.60. The molecule has 0 unspecified atom stereocenters. The lowest BCUT2D eigenvalue weighted by Crippen LogP contribution is -2.38. The van der Waals surface area contributed by atoms with E-state index in [1.54, 1.807) is 11.3 Å². The molecular formula is C14H26N4S. The van der Waals surface area contributed by atoms with Crippen LogP contribution in [0.4, 0.5) is 0 Å². The van der Waals surface area contributed by atoms with Gasteiger partial charge in [-0.3, -0.25) is 4.99 Å². The van der Waals surface area contributed by atoms with Crippen molar-refractivity contribution in [3.05, 3.63) is 16.1 Å². The van der Waals surface area contributed by atoms with E-state index in [2.05, 4.69) is 39.8 Å². The zero-order chi connectivity index (χ0) is 14.1. The van der Waals surface area contributed by atoms with Gasteiger partial charge in [0.05, 0.1) is 10.7 Å². The van der Waals surface area contributed by atoms with Crippen molar-refractivity contribution >= 4 is 17.3 Å². The van der Waals surface area contributed by atoms with Crippen molar-refractivity contribution in [2.75, 3.05) is 20.1 Å². The maximum Gasteiger partial charge on any atom is 0.190 e. The molecule has 108 valence electrons. The molecule has 0 aromatic carbocycles. The van der Waals surface area contributed by atoms with Gasteiger partial charge in [-0.2, -0.15) is 0 Å². The summed E-state index contributed by atoms with van der Waals surface area (Å²) in [4.78, 5) is 8.66. The molecule has 0 aliphatic carbocycles. The van der Waals surface area contributed by atoms with Gasteiger partial charge in [0.2, 0.25) is 0 Å². The number of rotatable bonds is 7. The molecule has 0 radical (unpaired) electrons. The maximum absolute atomic E-state index is 4.45. The summed E-state index contributed by atoms with van der Waals surface area (Å²) < 4.78 is 0. The third kappa shape index (κ3) is 7.15. The highest BCUT2D eigenvalue weighted by Gasteiger charge is 2.00. The van der Waals surface area contributed by atoms with E-state index in [4.69, 9.17) is 0 Å². The molecule has 1 aromatic heterocycles. The Morgan fingerprint density at radius 3 is 2.68 bits per heavy atom. The third-order valence-electron chi connectivity index (χ3n) is 2.81. The van der Waals surface area contributed by atoms with E-state index in [0.717, 1.165) is 42.1 Å². The fourth-order valence-electron chi connectivity index (χ4n) is 1.77. The largest absolute Gasteiger partial charge is 0.356 e. The number of hydrogen-bond donors (Lipinski definition) is 2. The van der Waals surface area contributed by atoms with E-state index in [1.165, 1.54) is 12.8 Å². The van der Waals surface area contributed by atoms with E-state index < -0.39 is 0 Å². The molecule has 1 rings (SSSR count). The topological polar surface area (TPSA) is 49.3 Å². The molecule has 19 heavy (non-hydrogen) atoms. The predicted molar refractivity (Wildman–Crippen MR) is 84.0 cm³/mol. The molecule has 0 fully saturated rings. The number of aromatic nitrogens is 1. The van der Waals surface area contributed by atoms with Crippen molar-refractivity contribution in [1.82, 2.24) is 15.6 Å². The molecule has 1 aromatic rings.